The first-order valence-electron chi connectivity index (χ1n) is 6.13. The van der Waals surface area contributed by atoms with Crippen molar-refractivity contribution in [2.24, 2.45) is 5.73 Å². The molecule has 0 spiro atoms. The van der Waals surface area contributed by atoms with Gasteiger partial charge < -0.3 is 10.6 Å². The predicted octanol–water partition coefficient (Wildman–Crippen LogP) is -2.11. The normalized spacial score (nSPS) is 23.1. The number of carbonyl (C=O) groups excluding carboxylic acids is 3. The van der Waals surface area contributed by atoms with Crippen LogP contribution in [0.3, 0.4) is 0 Å². The van der Waals surface area contributed by atoms with Gasteiger partial charge in [0.15, 0.2) is 0 Å². The summed E-state index contributed by atoms with van der Waals surface area (Å²) in [6.45, 7) is 1.78. The van der Waals surface area contributed by atoms with Crippen molar-refractivity contribution in [3.8, 4) is 0 Å². The summed E-state index contributed by atoms with van der Waals surface area (Å²) in [7, 11) is 0. The Labute approximate surface area is 105 Å². The molecular formula is C11H18N4O3. The lowest BCUT2D eigenvalue weighted by atomic mass is 10.1. The van der Waals surface area contributed by atoms with Gasteiger partial charge in [0.2, 0.25) is 17.7 Å². The van der Waals surface area contributed by atoms with Crippen LogP contribution >= 0.6 is 0 Å². The fourth-order valence-corrected chi connectivity index (χ4v) is 2.22. The van der Waals surface area contributed by atoms with Crippen LogP contribution in [0.2, 0.25) is 0 Å². The van der Waals surface area contributed by atoms with E-state index in [0.29, 0.717) is 0 Å². The van der Waals surface area contributed by atoms with Crippen LogP contribution in [0.5, 0.6) is 0 Å². The lowest BCUT2D eigenvalue weighted by Gasteiger charge is -2.32. The average molecular weight is 254 g/mol. The number of hydrogen-bond donors (Lipinski definition) is 2. The number of amides is 3. The fourth-order valence-electron chi connectivity index (χ4n) is 2.22. The van der Waals surface area contributed by atoms with E-state index in [2.05, 4.69) is 5.32 Å². The van der Waals surface area contributed by atoms with E-state index in [0.717, 1.165) is 25.9 Å². The number of piperidine rings is 1. The Kier molecular flexibility index (Phi) is 3.93. The Morgan fingerprint density at radius 1 is 1.22 bits per heavy atom. The smallest absolute Gasteiger partial charge is 0.246 e. The van der Waals surface area contributed by atoms with Crippen molar-refractivity contribution >= 4 is 17.7 Å². The van der Waals surface area contributed by atoms with E-state index in [1.807, 2.05) is 4.90 Å². The Balaban J connectivity index is 1.84. The number of imide groups is 1. The minimum Gasteiger partial charge on any atom is -0.328 e. The molecule has 7 nitrogen and oxygen atoms in total. The molecule has 0 unspecified atom stereocenters. The lowest BCUT2D eigenvalue weighted by molar-refractivity contribution is -0.146. The summed E-state index contributed by atoms with van der Waals surface area (Å²) >= 11 is 0. The zero-order valence-corrected chi connectivity index (χ0v) is 10.2. The molecular weight excluding hydrogens is 236 g/mol. The second kappa shape index (κ2) is 5.45. The van der Waals surface area contributed by atoms with E-state index in [9.17, 15) is 14.4 Å². The maximum absolute atomic E-state index is 12.0. The molecule has 2 aliphatic heterocycles. The van der Waals surface area contributed by atoms with Crippen molar-refractivity contribution in [1.82, 2.24) is 15.1 Å². The van der Waals surface area contributed by atoms with Crippen LogP contribution in [0.4, 0.5) is 0 Å². The van der Waals surface area contributed by atoms with Crippen molar-refractivity contribution < 1.29 is 14.4 Å². The second-order valence-electron chi connectivity index (χ2n) is 4.83. The highest BCUT2D eigenvalue weighted by Crippen LogP contribution is 2.08. The number of likely N-dealkylation sites (tertiary alicyclic amines) is 1. The molecule has 2 rings (SSSR count). The molecule has 0 aromatic rings. The lowest BCUT2D eigenvalue weighted by Crippen LogP contribution is -2.55. The monoisotopic (exact) mass is 254 g/mol. The van der Waals surface area contributed by atoms with Crippen LogP contribution < -0.4 is 11.1 Å². The largest absolute Gasteiger partial charge is 0.328 e. The highest BCUT2D eigenvalue weighted by atomic mass is 16.2. The molecule has 0 atom stereocenters. The molecule has 0 aromatic heterocycles. The summed E-state index contributed by atoms with van der Waals surface area (Å²) in [4.78, 5) is 37.6. The first-order chi connectivity index (χ1) is 8.54. The molecule has 2 fully saturated rings. The van der Waals surface area contributed by atoms with E-state index in [1.54, 1.807) is 0 Å². The molecule has 2 aliphatic rings. The van der Waals surface area contributed by atoms with Gasteiger partial charge in [-0.25, -0.2) is 0 Å². The van der Waals surface area contributed by atoms with Gasteiger partial charge in [-0.3, -0.25) is 24.6 Å². The van der Waals surface area contributed by atoms with E-state index in [4.69, 9.17) is 5.73 Å². The van der Waals surface area contributed by atoms with Gasteiger partial charge in [-0.1, -0.05) is 0 Å². The van der Waals surface area contributed by atoms with E-state index >= 15 is 0 Å². The summed E-state index contributed by atoms with van der Waals surface area (Å²) in [6, 6.07) is 0.221. The minimum absolute atomic E-state index is 0.0298. The molecule has 7 heteroatoms. The molecule has 0 bridgehead atoms. The molecule has 2 heterocycles. The van der Waals surface area contributed by atoms with E-state index in [-0.39, 0.29) is 31.6 Å². The van der Waals surface area contributed by atoms with Gasteiger partial charge in [0.25, 0.3) is 0 Å². The van der Waals surface area contributed by atoms with E-state index in [1.165, 1.54) is 4.90 Å². The standard InChI is InChI=1S/C11H18N4O3/c12-8-1-3-14(4-2-8)7-11(18)15-5-9(16)13-10(17)6-15/h8H,1-7,12H2,(H,13,16,17). The Morgan fingerprint density at radius 2 is 1.78 bits per heavy atom. The number of nitrogens with two attached hydrogens (primary N) is 1. The van der Waals surface area contributed by atoms with Crippen molar-refractivity contribution in [1.29, 1.82) is 0 Å². The van der Waals surface area contributed by atoms with Crippen LogP contribution in [0.1, 0.15) is 12.8 Å². The number of piperazine rings is 1. The van der Waals surface area contributed by atoms with Crippen LogP contribution in [0.25, 0.3) is 0 Å². The van der Waals surface area contributed by atoms with Crippen molar-refractivity contribution in [2.45, 2.75) is 18.9 Å². The van der Waals surface area contributed by atoms with Gasteiger partial charge in [-0.2, -0.15) is 0 Å². The van der Waals surface area contributed by atoms with Gasteiger partial charge in [0.1, 0.15) is 13.1 Å². The van der Waals surface area contributed by atoms with Gasteiger partial charge in [-0.05, 0) is 12.8 Å². The molecule has 0 radical (unpaired) electrons. The van der Waals surface area contributed by atoms with Gasteiger partial charge in [0, 0.05) is 19.1 Å². The van der Waals surface area contributed by atoms with Crippen molar-refractivity contribution in [3.05, 3.63) is 0 Å². The van der Waals surface area contributed by atoms with Crippen LogP contribution in [0.15, 0.2) is 0 Å². The molecule has 0 saturated carbocycles. The quantitative estimate of drug-likeness (QED) is 0.550. The third kappa shape index (κ3) is 3.27. The zero-order valence-electron chi connectivity index (χ0n) is 10.2. The number of rotatable bonds is 2. The predicted molar refractivity (Wildman–Crippen MR) is 63.4 cm³/mol. The van der Waals surface area contributed by atoms with Gasteiger partial charge >= 0.3 is 0 Å². The van der Waals surface area contributed by atoms with Crippen LogP contribution in [-0.2, 0) is 14.4 Å². The first kappa shape index (κ1) is 13.0. The van der Waals surface area contributed by atoms with Gasteiger partial charge in [-0.15, -0.1) is 0 Å². The molecule has 3 amide bonds. The molecule has 2 saturated heterocycles. The second-order valence-corrected chi connectivity index (χ2v) is 4.83. The number of carbonyl (C=O) groups is 3. The highest BCUT2D eigenvalue weighted by molar-refractivity contribution is 6.02. The molecule has 100 valence electrons. The summed E-state index contributed by atoms with van der Waals surface area (Å²) in [5, 5.41) is 2.17. The number of nitrogens with zero attached hydrogens (tertiary/aromatic N) is 2. The minimum atomic E-state index is -0.416. The highest BCUT2D eigenvalue weighted by Gasteiger charge is 2.28. The maximum Gasteiger partial charge on any atom is 0.246 e. The number of nitrogens with one attached hydrogen (secondary N) is 1. The third-order valence-corrected chi connectivity index (χ3v) is 3.29. The third-order valence-electron chi connectivity index (χ3n) is 3.29. The summed E-state index contributed by atoms with van der Waals surface area (Å²) in [5.41, 5.74) is 5.79. The summed E-state index contributed by atoms with van der Waals surface area (Å²) in [6.07, 6.45) is 1.76. The van der Waals surface area contributed by atoms with Crippen LogP contribution in [-0.4, -0.2) is 66.3 Å². The fraction of sp³-hybridized carbons (Fsp3) is 0.727. The van der Waals surface area contributed by atoms with Crippen LogP contribution in [0, 0.1) is 0 Å². The maximum atomic E-state index is 12.0. The Morgan fingerprint density at radius 3 is 2.33 bits per heavy atom. The zero-order chi connectivity index (χ0) is 13.1. The summed E-state index contributed by atoms with van der Waals surface area (Å²) in [5.74, 6) is -1.01. The molecule has 18 heavy (non-hydrogen) atoms. The number of hydrogen-bond acceptors (Lipinski definition) is 5. The summed E-state index contributed by atoms with van der Waals surface area (Å²) < 4.78 is 0. The Bertz CT molecular complexity index is 347. The van der Waals surface area contributed by atoms with Crippen molar-refractivity contribution in [3.63, 3.8) is 0 Å². The molecule has 0 aliphatic carbocycles. The topological polar surface area (TPSA) is 95.7 Å². The van der Waals surface area contributed by atoms with Gasteiger partial charge in [0.05, 0.1) is 6.54 Å². The molecule has 3 N–H and O–H groups in total. The SMILES string of the molecule is NC1CCN(CC(=O)N2CC(=O)NC(=O)C2)CC1. The van der Waals surface area contributed by atoms with Crippen molar-refractivity contribution in [2.75, 3.05) is 32.7 Å². The molecule has 0 aromatic carbocycles. The first-order valence-corrected chi connectivity index (χ1v) is 6.13. The average Bonchev–Trinajstić information content (AvgIpc) is 2.31. The van der Waals surface area contributed by atoms with E-state index < -0.39 is 11.8 Å². The Hall–Kier alpha value is -1.47.